The number of aryl methyl sites for hydroxylation is 1. The number of amides is 1. The molecule has 2 fully saturated rings. The van der Waals surface area contributed by atoms with Crippen LogP contribution in [0.15, 0.2) is 36.7 Å². The number of rotatable bonds is 6. The molecule has 1 unspecified atom stereocenters. The first-order chi connectivity index (χ1) is 18.5. The maximum absolute atomic E-state index is 13.0. The first kappa shape index (κ1) is 27.0. The maximum atomic E-state index is 13.0. The van der Waals surface area contributed by atoms with Crippen LogP contribution in [-0.4, -0.2) is 44.1 Å². The fraction of sp³-hybridized carbons (Fsp3) is 0.423. The van der Waals surface area contributed by atoms with Crippen molar-refractivity contribution in [2.24, 2.45) is 0 Å². The van der Waals surface area contributed by atoms with Crippen molar-refractivity contribution in [2.75, 3.05) is 5.32 Å². The summed E-state index contributed by atoms with van der Waals surface area (Å²) in [4.78, 5) is 36.3. The molecule has 2 aliphatic rings. The number of nitrogens with zero attached hydrogens (tertiary/aromatic N) is 3. The van der Waals surface area contributed by atoms with Gasteiger partial charge in [0, 0.05) is 37.0 Å². The molecule has 1 saturated heterocycles. The summed E-state index contributed by atoms with van der Waals surface area (Å²) in [5.41, 5.74) is -0.0174. The Morgan fingerprint density at radius 3 is 2.64 bits per heavy atom. The quantitative estimate of drug-likeness (QED) is 0.372. The number of carbonyl (C=O) groups excluding carboxylic acids is 2. The number of hydrogen-bond acceptors (Lipinski definition) is 9. The fourth-order valence-electron chi connectivity index (χ4n) is 4.78. The summed E-state index contributed by atoms with van der Waals surface area (Å²) in [6, 6.07) is 6.14. The molecule has 1 aliphatic heterocycles. The average molecular weight is 562 g/mol. The Kier molecular flexibility index (Phi) is 7.29. The molecule has 3 aromatic rings. The second-order valence-corrected chi connectivity index (χ2v) is 10.9. The molecule has 0 radical (unpaired) electrons. The van der Waals surface area contributed by atoms with Gasteiger partial charge < -0.3 is 20.5 Å². The summed E-state index contributed by atoms with van der Waals surface area (Å²) >= 11 is 1.34. The van der Waals surface area contributed by atoms with Gasteiger partial charge in [0.05, 0.1) is 4.88 Å². The van der Waals surface area contributed by atoms with Crippen LogP contribution in [0.4, 0.5) is 24.8 Å². The topological polar surface area (TPSA) is 126 Å². The molecule has 39 heavy (non-hydrogen) atoms. The number of alkyl halides is 3. The number of carbonyl (C=O) groups is 2. The van der Waals surface area contributed by atoms with Crippen LogP contribution in [0.3, 0.4) is 0 Å². The lowest BCUT2D eigenvalue weighted by Crippen LogP contribution is -2.45. The highest BCUT2D eigenvalue weighted by atomic mass is 32.1. The predicted molar refractivity (Wildman–Crippen MR) is 136 cm³/mol. The lowest BCUT2D eigenvalue weighted by Gasteiger charge is -2.35. The first-order valence-corrected chi connectivity index (χ1v) is 13.3. The number of aliphatic hydroxyl groups is 1. The largest absolute Gasteiger partial charge is 0.452 e. The summed E-state index contributed by atoms with van der Waals surface area (Å²) in [5.74, 6) is -0.837. The average Bonchev–Trinajstić information content (AvgIpc) is 3.55. The van der Waals surface area contributed by atoms with Gasteiger partial charge in [0.2, 0.25) is 5.95 Å². The van der Waals surface area contributed by atoms with E-state index in [1.165, 1.54) is 11.3 Å². The highest BCUT2D eigenvalue weighted by Crippen LogP contribution is 2.41. The van der Waals surface area contributed by atoms with Gasteiger partial charge in [-0.25, -0.2) is 15.0 Å². The zero-order valence-electron chi connectivity index (χ0n) is 20.9. The molecular formula is C26H26F3N5O4S. The number of ether oxygens (including phenoxy) is 1. The molecule has 1 saturated carbocycles. The van der Waals surface area contributed by atoms with Gasteiger partial charge >= 0.3 is 12.1 Å². The predicted octanol–water partition coefficient (Wildman–Crippen LogP) is 4.62. The lowest BCUT2D eigenvalue weighted by atomic mass is 9.82. The highest BCUT2D eigenvalue weighted by molar-refractivity contribution is 7.15. The van der Waals surface area contributed by atoms with E-state index in [1.54, 1.807) is 18.3 Å². The summed E-state index contributed by atoms with van der Waals surface area (Å²) in [7, 11) is 0. The minimum absolute atomic E-state index is 0.125. The van der Waals surface area contributed by atoms with Crippen molar-refractivity contribution >= 4 is 34.8 Å². The Labute approximate surface area is 225 Å². The van der Waals surface area contributed by atoms with Crippen LogP contribution >= 0.6 is 11.3 Å². The minimum atomic E-state index is -4.58. The highest BCUT2D eigenvalue weighted by Gasteiger charge is 2.39. The van der Waals surface area contributed by atoms with Crippen LogP contribution in [-0.2, 0) is 26.1 Å². The van der Waals surface area contributed by atoms with E-state index in [0.29, 0.717) is 42.8 Å². The van der Waals surface area contributed by atoms with E-state index in [1.807, 2.05) is 13.0 Å². The van der Waals surface area contributed by atoms with Crippen molar-refractivity contribution in [1.82, 2.24) is 20.3 Å². The summed E-state index contributed by atoms with van der Waals surface area (Å²) in [6.07, 6.45) is -0.0700. The maximum Gasteiger partial charge on any atom is 0.433 e. The van der Waals surface area contributed by atoms with Gasteiger partial charge in [0.1, 0.15) is 16.3 Å². The van der Waals surface area contributed by atoms with E-state index in [0.717, 1.165) is 28.3 Å². The Bertz CT molecular complexity index is 1390. The van der Waals surface area contributed by atoms with Gasteiger partial charge in [-0.15, -0.1) is 11.3 Å². The zero-order chi connectivity index (χ0) is 27.8. The van der Waals surface area contributed by atoms with Crippen LogP contribution in [0.1, 0.15) is 54.8 Å². The van der Waals surface area contributed by atoms with Crippen LogP contribution in [0.25, 0.3) is 10.4 Å². The van der Waals surface area contributed by atoms with Crippen molar-refractivity contribution in [3.63, 3.8) is 0 Å². The smallest absolute Gasteiger partial charge is 0.433 e. The summed E-state index contributed by atoms with van der Waals surface area (Å²) < 4.78 is 44.1. The SMILES string of the molecule is Cc1cc(Nc2nccc(C(F)(F)F)n2)cc(-c2cnc([C@]3(O)CC[C@H](NC(=O)C4CCC(=O)O4)CC3)s2)c1. The standard InChI is InChI=1S/C26H26F3N5O4S/c1-14-10-15(12-17(11-14)33-24-30-9-6-20(34-24)26(27,28)29)19-13-31-23(39-19)25(37)7-4-16(5-8-25)32-22(36)18-2-3-21(35)38-18/h6,9-13,16,18,37H,2-5,7-8H2,1H3,(H,32,36)(H,30,33,34)/t16-,18?,25-. The number of anilines is 2. The van der Waals surface area contributed by atoms with E-state index in [9.17, 15) is 27.9 Å². The van der Waals surface area contributed by atoms with Gasteiger partial charge in [0.25, 0.3) is 5.91 Å². The number of aromatic nitrogens is 3. The Hall–Kier alpha value is -3.58. The van der Waals surface area contributed by atoms with E-state index in [2.05, 4.69) is 25.6 Å². The molecule has 1 atom stereocenters. The van der Waals surface area contributed by atoms with Crippen LogP contribution in [0, 0.1) is 6.92 Å². The van der Waals surface area contributed by atoms with Crippen molar-refractivity contribution in [3.05, 3.63) is 52.9 Å². The zero-order valence-corrected chi connectivity index (χ0v) is 21.7. The fourth-order valence-corrected chi connectivity index (χ4v) is 5.83. The Morgan fingerprint density at radius 2 is 1.95 bits per heavy atom. The van der Waals surface area contributed by atoms with Crippen LogP contribution in [0.2, 0.25) is 0 Å². The molecule has 206 valence electrons. The Balaban J connectivity index is 1.25. The molecule has 1 aromatic carbocycles. The second-order valence-electron chi connectivity index (χ2n) is 9.84. The molecule has 3 heterocycles. The number of esters is 1. The van der Waals surface area contributed by atoms with Gasteiger partial charge in [-0.05, 0) is 61.9 Å². The number of cyclic esters (lactones) is 1. The summed E-state index contributed by atoms with van der Waals surface area (Å²) in [5, 5.41) is 17.7. The number of hydrogen-bond donors (Lipinski definition) is 3. The molecule has 1 aliphatic carbocycles. The van der Waals surface area contributed by atoms with Crippen molar-refractivity contribution in [3.8, 4) is 10.4 Å². The molecule has 5 rings (SSSR count). The normalized spacial score (nSPS) is 23.4. The van der Waals surface area contributed by atoms with Gasteiger partial charge in [0.15, 0.2) is 6.10 Å². The second kappa shape index (κ2) is 10.5. The monoisotopic (exact) mass is 561 g/mol. The van der Waals surface area contributed by atoms with Crippen LogP contribution in [0.5, 0.6) is 0 Å². The summed E-state index contributed by atoms with van der Waals surface area (Å²) in [6.45, 7) is 1.86. The van der Waals surface area contributed by atoms with Crippen LogP contribution < -0.4 is 10.6 Å². The van der Waals surface area contributed by atoms with E-state index in [-0.39, 0.29) is 30.3 Å². The first-order valence-electron chi connectivity index (χ1n) is 12.5. The third-order valence-electron chi connectivity index (χ3n) is 6.80. The van der Waals surface area contributed by atoms with Crippen molar-refractivity contribution in [1.29, 1.82) is 0 Å². The molecule has 0 spiro atoms. The van der Waals surface area contributed by atoms with E-state index < -0.39 is 23.6 Å². The van der Waals surface area contributed by atoms with Gasteiger partial charge in [-0.2, -0.15) is 13.2 Å². The van der Waals surface area contributed by atoms with Gasteiger partial charge in [-0.3, -0.25) is 9.59 Å². The van der Waals surface area contributed by atoms with Crippen molar-refractivity contribution in [2.45, 2.75) is 69.4 Å². The Morgan fingerprint density at radius 1 is 1.18 bits per heavy atom. The third kappa shape index (κ3) is 6.19. The minimum Gasteiger partial charge on any atom is -0.452 e. The molecule has 9 nitrogen and oxygen atoms in total. The molecule has 3 N–H and O–H groups in total. The van der Waals surface area contributed by atoms with Gasteiger partial charge in [-0.1, -0.05) is 6.07 Å². The van der Waals surface area contributed by atoms with E-state index >= 15 is 0 Å². The van der Waals surface area contributed by atoms with Crippen molar-refractivity contribution < 1.29 is 32.6 Å². The number of halogens is 3. The molecule has 1 amide bonds. The lowest BCUT2D eigenvalue weighted by molar-refractivity contribution is -0.148. The number of nitrogens with one attached hydrogen (secondary N) is 2. The molecule has 0 bridgehead atoms. The molecule has 2 aromatic heterocycles. The van der Waals surface area contributed by atoms with E-state index in [4.69, 9.17) is 4.74 Å². The number of benzene rings is 1. The molecule has 13 heteroatoms. The molecular weight excluding hydrogens is 535 g/mol. The third-order valence-corrected chi connectivity index (χ3v) is 8.04. The number of thiazole rings is 1.